The Morgan fingerprint density at radius 1 is 1.19 bits per heavy atom. The number of likely N-dealkylation sites (N-methyl/N-ethyl adjacent to an activating group) is 1. The molecule has 0 heterocycles. The molecule has 0 amide bonds. The van der Waals surface area contributed by atoms with Gasteiger partial charge in [-0.15, -0.1) is 0 Å². The van der Waals surface area contributed by atoms with Gasteiger partial charge in [-0.05, 0) is 26.1 Å². The van der Waals surface area contributed by atoms with Crippen molar-refractivity contribution in [3.8, 4) is 0 Å². The van der Waals surface area contributed by atoms with Gasteiger partial charge < -0.3 is 0 Å². The van der Waals surface area contributed by atoms with Crippen LogP contribution in [0.1, 0.15) is 19.4 Å². The highest BCUT2D eigenvalue weighted by Gasteiger charge is 2.23. The van der Waals surface area contributed by atoms with Crippen molar-refractivity contribution in [1.82, 2.24) is 4.90 Å². The van der Waals surface area contributed by atoms with E-state index in [-0.39, 0.29) is 12.0 Å². The number of nitrogens with zero attached hydrogens (tertiary/aromatic N) is 1. The van der Waals surface area contributed by atoms with Gasteiger partial charge >= 0.3 is 0 Å². The van der Waals surface area contributed by atoms with Crippen molar-refractivity contribution in [2.45, 2.75) is 26.3 Å². The number of carbonyl (C=O) groups excluding carboxylic acids is 1. The molecular formula is C14H21NO. The maximum atomic E-state index is 12.0. The highest BCUT2D eigenvalue weighted by molar-refractivity contribution is 5.85. The molecule has 1 aromatic rings. The first kappa shape index (κ1) is 12.9. The largest absolute Gasteiger partial charge is 0.299 e. The Hall–Kier alpha value is -1.15. The smallest absolute Gasteiger partial charge is 0.152 e. The highest BCUT2D eigenvalue weighted by atomic mass is 16.1. The number of Topliss-reactive ketones (excluding diaryl/α,β-unsaturated/α-hetero) is 1. The summed E-state index contributed by atoms with van der Waals surface area (Å²) >= 11 is 0. The van der Waals surface area contributed by atoms with E-state index in [9.17, 15) is 4.79 Å². The summed E-state index contributed by atoms with van der Waals surface area (Å²) in [5.41, 5.74) is 1.22. The van der Waals surface area contributed by atoms with Crippen molar-refractivity contribution in [3.63, 3.8) is 0 Å². The van der Waals surface area contributed by atoms with E-state index in [1.54, 1.807) is 0 Å². The third-order valence-electron chi connectivity index (χ3n) is 2.79. The second-order valence-corrected chi connectivity index (χ2v) is 4.73. The monoisotopic (exact) mass is 219 g/mol. The molecule has 1 atom stereocenters. The molecular weight excluding hydrogens is 198 g/mol. The fourth-order valence-electron chi connectivity index (χ4n) is 1.76. The van der Waals surface area contributed by atoms with Crippen LogP contribution < -0.4 is 0 Å². The summed E-state index contributed by atoms with van der Waals surface area (Å²) in [5, 5.41) is 0. The van der Waals surface area contributed by atoms with Crippen molar-refractivity contribution in [1.29, 1.82) is 0 Å². The number of rotatable bonds is 5. The normalized spacial score (nSPS) is 13.1. The van der Waals surface area contributed by atoms with Crippen LogP contribution in [0.5, 0.6) is 0 Å². The number of hydrogen-bond acceptors (Lipinski definition) is 2. The number of hydrogen-bond donors (Lipinski definition) is 0. The van der Waals surface area contributed by atoms with Gasteiger partial charge in [0.05, 0.1) is 6.04 Å². The van der Waals surface area contributed by atoms with Gasteiger partial charge in [0.25, 0.3) is 0 Å². The summed E-state index contributed by atoms with van der Waals surface area (Å²) in [5.74, 6) is 0.407. The molecule has 0 saturated heterocycles. The van der Waals surface area contributed by atoms with Gasteiger partial charge in [-0.3, -0.25) is 9.69 Å². The quantitative estimate of drug-likeness (QED) is 0.758. The summed E-state index contributed by atoms with van der Waals surface area (Å²) in [6, 6.07) is 10.2. The minimum atomic E-state index is -0.0117. The van der Waals surface area contributed by atoms with E-state index in [0.717, 1.165) is 6.42 Å². The van der Waals surface area contributed by atoms with Gasteiger partial charge in [0.2, 0.25) is 0 Å². The zero-order valence-corrected chi connectivity index (χ0v) is 10.6. The van der Waals surface area contributed by atoms with E-state index in [2.05, 4.69) is 12.1 Å². The lowest BCUT2D eigenvalue weighted by Crippen LogP contribution is -2.39. The van der Waals surface area contributed by atoms with Crippen molar-refractivity contribution in [2.75, 3.05) is 14.1 Å². The lowest BCUT2D eigenvalue weighted by Gasteiger charge is -2.24. The molecule has 0 aliphatic carbocycles. The Morgan fingerprint density at radius 3 is 2.19 bits per heavy atom. The molecule has 2 heteroatoms. The highest BCUT2D eigenvalue weighted by Crippen LogP contribution is 2.11. The molecule has 2 nitrogen and oxygen atoms in total. The van der Waals surface area contributed by atoms with E-state index in [1.807, 2.05) is 51.0 Å². The molecule has 1 rings (SSSR count). The van der Waals surface area contributed by atoms with E-state index in [0.29, 0.717) is 5.78 Å². The summed E-state index contributed by atoms with van der Waals surface area (Å²) in [6.07, 6.45) is 0.796. The number of carbonyl (C=O) groups is 1. The van der Waals surface area contributed by atoms with Gasteiger partial charge in [0.15, 0.2) is 5.78 Å². The Bertz CT molecular complexity index is 330. The van der Waals surface area contributed by atoms with E-state index in [1.165, 1.54) is 5.56 Å². The van der Waals surface area contributed by atoms with Crippen LogP contribution in [0.3, 0.4) is 0 Å². The fourth-order valence-corrected chi connectivity index (χ4v) is 1.76. The predicted octanol–water partition coefficient (Wildman–Crippen LogP) is 2.38. The Morgan fingerprint density at radius 2 is 1.75 bits per heavy atom. The van der Waals surface area contributed by atoms with Crippen molar-refractivity contribution in [3.05, 3.63) is 35.9 Å². The van der Waals surface area contributed by atoms with Gasteiger partial charge in [-0.1, -0.05) is 44.2 Å². The maximum absolute atomic E-state index is 12.0. The van der Waals surface area contributed by atoms with Crippen LogP contribution in [-0.2, 0) is 11.2 Å². The molecule has 0 spiro atoms. The van der Waals surface area contributed by atoms with Crippen molar-refractivity contribution in [2.24, 2.45) is 5.92 Å². The zero-order chi connectivity index (χ0) is 12.1. The topological polar surface area (TPSA) is 20.3 Å². The Labute approximate surface area is 98.3 Å². The van der Waals surface area contributed by atoms with Crippen LogP contribution in [0, 0.1) is 5.92 Å². The third kappa shape index (κ3) is 3.46. The van der Waals surface area contributed by atoms with Gasteiger partial charge in [0, 0.05) is 5.92 Å². The van der Waals surface area contributed by atoms with Crippen LogP contribution in [0.2, 0.25) is 0 Å². The van der Waals surface area contributed by atoms with E-state index < -0.39 is 0 Å². The van der Waals surface area contributed by atoms with Crippen LogP contribution >= 0.6 is 0 Å². The third-order valence-corrected chi connectivity index (χ3v) is 2.79. The van der Waals surface area contributed by atoms with E-state index >= 15 is 0 Å². The number of ketones is 1. The molecule has 0 bridgehead atoms. The van der Waals surface area contributed by atoms with Crippen LogP contribution in [0.4, 0.5) is 0 Å². The number of benzene rings is 1. The first-order valence-electron chi connectivity index (χ1n) is 5.76. The average Bonchev–Trinajstić information content (AvgIpc) is 2.26. The molecule has 1 aromatic carbocycles. The zero-order valence-electron chi connectivity index (χ0n) is 10.6. The fraction of sp³-hybridized carbons (Fsp3) is 0.500. The lowest BCUT2D eigenvalue weighted by atomic mass is 9.95. The molecule has 0 fully saturated rings. The molecule has 0 aromatic heterocycles. The molecule has 0 aliphatic rings. The second-order valence-electron chi connectivity index (χ2n) is 4.73. The van der Waals surface area contributed by atoms with Gasteiger partial charge in [-0.25, -0.2) is 0 Å². The molecule has 88 valence electrons. The van der Waals surface area contributed by atoms with Gasteiger partial charge in [0.1, 0.15) is 0 Å². The molecule has 16 heavy (non-hydrogen) atoms. The van der Waals surface area contributed by atoms with Crippen LogP contribution in [0.25, 0.3) is 0 Å². The molecule has 1 unspecified atom stereocenters. The summed E-state index contributed by atoms with van der Waals surface area (Å²) < 4.78 is 0. The van der Waals surface area contributed by atoms with Crippen LogP contribution in [-0.4, -0.2) is 30.8 Å². The van der Waals surface area contributed by atoms with E-state index in [4.69, 9.17) is 0 Å². The minimum Gasteiger partial charge on any atom is -0.299 e. The maximum Gasteiger partial charge on any atom is 0.152 e. The predicted molar refractivity (Wildman–Crippen MR) is 67.5 cm³/mol. The first-order valence-corrected chi connectivity index (χ1v) is 5.76. The van der Waals surface area contributed by atoms with Crippen LogP contribution in [0.15, 0.2) is 30.3 Å². The summed E-state index contributed by atoms with van der Waals surface area (Å²) in [4.78, 5) is 14.1. The molecule has 0 saturated carbocycles. The average molecular weight is 219 g/mol. The first-order chi connectivity index (χ1) is 7.52. The molecule has 0 radical (unpaired) electrons. The minimum absolute atomic E-state index is 0.0117. The Kier molecular flexibility index (Phi) is 4.69. The van der Waals surface area contributed by atoms with Crippen molar-refractivity contribution >= 4 is 5.78 Å². The van der Waals surface area contributed by atoms with Crippen molar-refractivity contribution < 1.29 is 4.79 Å². The van der Waals surface area contributed by atoms with Gasteiger partial charge in [-0.2, -0.15) is 0 Å². The standard InChI is InChI=1S/C14H21NO/c1-11(2)14(16)13(15(3)4)10-12-8-6-5-7-9-12/h5-9,11,13H,10H2,1-4H3. The summed E-state index contributed by atoms with van der Waals surface area (Å²) in [6.45, 7) is 3.92. The molecule has 0 aliphatic heterocycles. The second kappa shape index (κ2) is 5.80. The molecule has 0 N–H and O–H groups in total. The SMILES string of the molecule is CC(C)C(=O)C(Cc1ccccc1)N(C)C. The summed E-state index contributed by atoms with van der Waals surface area (Å²) in [7, 11) is 3.93. The Balaban J connectivity index is 2.77. The lowest BCUT2D eigenvalue weighted by molar-refractivity contribution is -0.126.